The van der Waals surface area contributed by atoms with Gasteiger partial charge in [-0.2, -0.15) is 0 Å². The Labute approximate surface area is 97.4 Å². The molecule has 0 unspecified atom stereocenters. The second kappa shape index (κ2) is 4.41. The van der Waals surface area contributed by atoms with Crippen LogP contribution in [0.4, 0.5) is 10.1 Å². The van der Waals surface area contributed by atoms with E-state index in [-0.39, 0.29) is 5.02 Å². The lowest BCUT2D eigenvalue weighted by atomic mass is 10.3. The Kier molecular flexibility index (Phi) is 2.97. The number of nitrogen functional groups attached to an aromatic ring is 1. The fourth-order valence-electron chi connectivity index (χ4n) is 1.25. The van der Waals surface area contributed by atoms with Crippen LogP contribution < -0.4 is 10.5 Å². The molecule has 82 valence electrons. The second-order valence-corrected chi connectivity index (χ2v) is 3.62. The summed E-state index contributed by atoms with van der Waals surface area (Å²) >= 11 is 5.83. The van der Waals surface area contributed by atoms with Crippen molar-refractivity contribution in [3.8, 4) is 11.5 Å². The van der Waals surface area contributed by atoms with Gasteiger partial charge in [-0.1, -0.05) is 23.7 Å². The van der Waals surface area contributed by atoms with Gasteiger partial charge in [-0.15, -0.1) is 0 Å². The van der Waals surface area contributed by atoms with E-state index in [0.29, 0.717) is 17.2 Å². The summed E-state index contributed by atoms with van der Waals surface area (Å²) in [4.78, 5) is 0. The van der Waals surface area contributed by atoms with Crippen LogP contribution >= 0.6 is 11.6 Å². The molecule has 0 saturated heterocycles. The quantitative estimate of drug-likeness (QED) is 0.805. The highest BCUT2D eigenvalue weighted by atomic mass is 35.5. The van der Waals surface area contributed by atoms with Crippen molar-refractivity contribution in [1.29, 1.82) is 0 Å². The summed E-state index contributed by atoms with van der Waals surface area (Å²) in [5, 5.41) is 0.211. The van der Waals surface area contributed by atoms with Crippen LogP contribution in [0.15, 0.2) is 42.5 Å². The molecule has 0 radical (unpaired) electrons. The van der Waals surface area contributed by atoms with Gasteiger partial charge < -0.3 is 10.5 Å². The molecule has 2 nitrogen and oxygen atoms in total. The number of nitrogens with two attached hydrogens (primary N) is 1. The maximum atomic E-state index is 12.8. The highest BCUT2D eigenvalue weighted by Gasteiger charge is 2.06. The van der Waals surface area contributed by atoms with Crippen molar-refractivity contribution >= 4 is 17.3 Å². The summed E-state index contributed by atoms with van der Waals surface area (Å²) in [7, 11) is 0. The molecule has 0 bridgehead atoms. The van der Waals surface area contributed by atoms with E-state index in [2.05, 4.69) is 0 Å². The highest BCUT2D eigenvalue weighted by Crippen LogP contribution is 2.32. The Balaban J connectivity index is 2.31. The number of para-hydroxylation sites is 2. The summed E-state index contributed by atoms with van der Waals surface area (Å²) in [5.74, 6) is 0.468. The summed E-state index contributed by atoms with van der Waals surface area (Å²) in [5.41, 5.74) is 6.21. The largest absolute Gasteiger partial charge is 0.454 e. The van der Waals surface area contributed by atoms with E-state index in [1.54, 1.807) is 24.3 Å². The van der Waals surface area contributed by atoms with Crippen molar-refractivity contribution in [2.45, 2.75) is 0 Å². The molecule has 0 amide bonds. The molecule has 2 N–H and O–H groups in total. The first kappa shape index (κ1) is 10.8. The fourth-order valence-corrected chi connectivity index (χ4v) is 1.46. The Morgan fingerprint density at radius 2 is 1.81 bits per heavy atom. The van der Waals surface area contributed by atoms with E-state index in [1.165, 1.54) is 18.2 Å². The van der Waals surface area contributed by atoms with E-state index in [1.807, 2.05) is 0 Å². The number of halogens is 2. The minimum atomic E-state index is -0.404. The Morgan fingerprint density at radius 3 is 2.50 bits per heavy atom. The highest BCUT2D eigenvalue weighted by molar-refractivity contribution is 6.32. The van der Waals surface area contributed by atoms with Crippen LogP contribution in [-0.4, -0.2) is 0 Å². The van der Waals surface area contributed by atoms with E-state index >= 15 is 0 Å². The zero-order valence-corrected chi connectivity index (χ0v) is 9.04. The van der Waals surface area contributed by atoms with Gasteiger partial charge in [0, 0.05) is 0 Å². The first-order valence-electron chi connectivity index (χ1n) is 4.64. The van der Waals surface area contributed by atoms with Gasteiger partial charge in [-0.25, -0.2) is 4.39 Å². The van der Waals surface area contributed by atoms with E-state index in [0.717, 1.165) is 0 Å². The lowest BCUT2D eigenvalue weighted by molar-refractivity contribution is 0.483. The molecule has 0 heterocycles. The number of hydrogen-bond acceptors (Lipinski definition) is 2. The molecule has 0 aliphatic heterocycles. The van der Waals surface area contributed by atoms with Crippen molar-refractivity contribution in [3.63, 3.8) is 0 Å². The third-order valence-corrected chi connectivity index (χ3v) is 2.33. The second-order valence-electron chi connectivity index (χ2n) is 3.21. The zero-order chi connectivity index (χ0) is 11.5. The monoisotopic (exact) mass is 237 g/mol. The molecule has 0 fully saturated rings. The number of rotatable bonds is 2. The van der Waals surface area contributed by atoms with Gasteiger partial charge >= 0.3 is 0 Å². The third kappa shape index (κ3) is 2.25. The van der Waals surface area contributed by atoms with Gasteiger partial charge in [0.05, 0.1) is 10.7 Å². The van der Waals surface area contributed by atoms with Gasteiger partial charge in [0.1, 0.15) is 17.3 Å². The van der Waals surface area contributed by atoms with Crippen molar-refractivity contribution in [1.82, 2.24) is 0 Å². The molecule has 0 atom stereocenters. The number of ether oxygens (including phenoxy) is 1. The molecule has 2 rings (SSSR count). The molecule has 2 aromatic rings. The van der Waals surface area contributed by atoms with Gasteiger partial charge in [0.2, 0.25) is 0 Å². The molecule has 2 aromatic carbocycles. The van der Waals surface area contributed by atoms with Crippen LogP contribution in [0.5, 0.6) is 11.5 Å². The minimum Gasteiger partial charge on any atom is -0.454 e. The van der Waals surface area contributed by atoms with Crippen molar-refractivity contribution in [2.75, 3.05) is 5.73 Å². The average molecular weight is 238 g/mol. The van der Waals surface area contributed by atoms with Crippen LogP contribution in [0, 0.1) is 5.82 Å². The summed E-state index contributed by atoms with van der Waals surface area (Å²) in [6, 6.07) is 11.0. The van der Waals surface area contributed by atoms with Gasteiger partial charge in [-0.3, -0.25) is 0 Å². The molecule has 0 saturated carbocycles. The maximum Gasteiger partial charge on any atom is 0.150 e. The topological polar surface area (TPSA) is 35.2 Å². The number of anilines is 1. The molecular weight excluding hydrogens is 229 g/mol. The first-order chi connectivity index (χ1) is 7.66. The van der Waals surface area contributed by atoms with Crippen LogP contribution in [-0.2, 0) is 0 Å². The summed E-state index contributed by atoms with van der Waals surface area (Å²) in [6.07, 6.45) is 0. The smallest absolute Gasteiger partial charge is 0.150 e. The number of hydrogen-bond donors (Lipinski definition) is 1. The molecule has 16 heavy (non-hydrogen) atoms. The van der Waals surface area contributed by atoms with Crippen LogP contribution in [0.1, 0.15) is 0 Å². The van der Waals surface area contributed by atoms with Crippen molar-refractivity contribution in [2.24, 2.45) is 0 Å². The molecule has 0 aromatic heterocycles. The van der Waals surface area contributed by atoms with E-state index in [9.17, 15) is 4.39 Å². The Bertz CT molecular complexity index is 516. The van der Waals surface area contributed by atoms with E-state index in [4.69, 9.17) is 22.1 Å². The summed E-state index contributed by atoms with van der Waals surface area (Å²) in [6.45, 7) is 0. The molecule has 0 aliphatic carbocycles. The first-order valence-corrected chi connectivity index (χ1v) is 5.02. The maximum absolute atomic E-state index is 12.8. The van der Waals surface area contributed by atoms with Gasteiger partial charge in [-0.05, 0) is 30.3 Å². The predicted octanol–water partition coefficient (Wildman–Crippen LogP) is 3.85. The molecule has 4 heteroatoms. The number of benzene rings is 2. The predicted molar refractivity (Wildman–Crippen MR) is 62.3 cm³/mol. The Hall–Kier alpha value is -1.74. The van der Waals surface area contributed by atoms with Crippen LogP contribution in [0.2, 0.25) is 5.02 Å². The average Bonchev–Trinajstić information content (AvgIpc) is 2.25. The standard InChI is InChI=1S/C12H9ClFNO/c13-9-7-8(14)5-6-11(9)16-12-4-2-1-3-10(12)15/h1-7H,15H2. The SMILES string of the molecule is Nc1ccccc1Oc1ccc(F)cc1Cl. The normalized spacial score (nSPS) is 10.1. The van der Waals surface area contributed by atoms with Crippen molar-refractivity contribution in [3.05, 3.63) is 53.3 Å². The molecule has 0 aliphatic rings. The van der Waals surface area contributed by atoms with Crippen molar-refractivity contribution < 1.29 is 9.13 Å². The van der Waals surface area contributed by atoms with Crippen LogP contribution in [0.25, 0.3) is 0 Å². The zero-order valence-electron chi connectivity index (χ0n) is 8.28. The molecule has 0 spiro atoms. The lowest BCUT2D eigenvalue weighted by Gasteiger charge is -2.09. The third-order valence-electron chi connectivity index (χ3n) is 2.03. The van der Waals surface area contributed by atoms with Crippen LogP contribution in [0.3, 0.4) is 0 Å². The van der Waals surface area contributed by atoms with Gasteiger partial charge in [0.15, 0.2) is 0 Å². The Morgan fingerprint density at radius 1 is 1.06 bits per heavy atom. The summed E-state index contributed by atoms with van der Waals surface area (Å²) < 4.78 is 18.3. The van der Waals surface area contributed by atoms with Gasteiger partial charge in [0.25, 0.3) is 0 Å². The lowest BCUT2D eigenvalue weighted by Crippen LogP contribution is -1.92. The molecular formula is C12H9ClFNO. The van der Waals surface area contributed by atoms with E-state index < -0.39 is 5.82 Å². The fraction of sp³-hybridized carbons (Fsp3) is 0. The minimum absolute atomic E-state index is 0.211.